The van der Waals surface area contributed by atoms with Crippen molar-refractivity contribution in [1.82, 2.24) is 4.98 Å². The third-order valence-corrected chi connectivity index (χ3v) is 3.99. The molecule has 4 N–H and O–H groups in total. The Morgan fingerprint density at radius 2 is 2.30 bits per heavy atom. The van der Waals surface area contributed by atoms with E-state index in [9.17, 15) is 9.59 Å². The van der Waals surface area contributed by atoms with Crippen molar-refractivity contribution >= 4 is 22.7 Å². The van der Waals surface area contributed by atoms with Crippen molar-refractivity contribution in [2.45, 2.75) is 19.3 Å². The van der Waals surface area contributed by atoms with Gasteiger partial charge >= 0.3 is 5.76 Å². The second-order valence-corrected chi connectivity index (χ2v) is 5.25. The molecule has 1 amide bonds. The molecule has 0 bridgehead atoms. The van der Waals surface area contributed by atoms with E-state index in [2.05, 4.69) is 10.3 Å². The van der Waals surface area contributed by atoms with Crippen molar-refractivity contribution in [2.24, 2.45) is 17.6 Å². The Morgan fingerprint density at radius 1 is 1.45 bits per heavy atom. The molecule has 6 nitrogen and oxygen atoms in total. The number of benzene rings is 1. The van der Waals surface area contributed by atoms with Gasteiger partial charge in [0, 0.05) is 11.6 Å². The Balaban J connectivity index is 1.78. The fourth-order valence-corrected chi connectivity index (χ4v) is 2.93. The number of fused-ring (bicyclic) bond motifs is 1. The van der Waals surface area contributed by atoms with Gasteiger partial charge in [0.25, 0.3) is 0 Å². The van der Waals surface area contributed by atoms with E-state index in [1.54, 1.807) is 18.2 Å². The molecule has 1 aromatic heterocycles. The first kappa shape index (κ1) is 12.9. The van der Waals surface area contributed by atoms with Crippen LogP contribution in [0, 0.1) is 11.8 Å². The lowest BCUT2D eigenvalue weighted by atomic mass is 9.95. The zero-order valence-corrected chi connectivity index (χ0v) is 11.0. The molecule has 1 saturated carbocycles. The number of rotatable bonds is 3. The van der Waals surface area contributed by atoms with Crippen LogP contribution in [0.5, 0.6) is 0 Å². The second kappa shape index (κ2) is 5.13. The predicted molar refractivity (Wildman–Crippen MR) is 75.3 cm³/mol. The quantitative estimate of drug-likeness (QED) is 0.788. The van der Waals surface area contributed by atoms with Crippen LogP contribution in [0.2, 0.25) is 0 Å². The maximum atomic E-state index is 12.3. The van der Waals surface area contributed by atoms with Gasteiger partial charge in [0.15, 0.2) is 5.58 Å². The first-order valence-electron chi connectivity index (χ1n) is 6.81. The molecule has 2 unspecified atom stereocenters. The van der Waals surface area contributed by atoms with Gasteiger partial charge in [-0.1, -0.05) is 6.42 Å². The summed E-state index contributed by atoms with van der Waals surface area (Å²) in [5.74, 6) is -0.239. The third-order valence-electron chi connectivity index (χ3n) is 3.99. The Morgan fingerprint density at radius 3 is 3.10 bits per heavy atom. The minimum atomic E-state index is -0.498. The summed E-state index contributed by atoms with van der Waals surface area (Å²) in [5.41, 5.74) is 7.41. The number of nitrogens with one attached hydrogen (secondary N) is 2. The van der Waals surface area contributed by atoms with Crippen molar-refractivity contribution in [3.63, 3.8) is 0 Å². The number of amides is 1. The normalized spacial score (nSPS) is 22.2. The maximum absolute atomic E-state index is 12.3. The average Bonchev–Trinajstić information content (AvgIpc) is 3.02. The molecule has 2 aromatic rings. The van der Waals surface area contributed by atoms with Gasteiger partial charge in [0.1, 0.15) is 0 Å². The van der Waals surface area contributed by atoms with Crippen LogP contribution in [0.1, 0.15) is 19.3 Å². The molecule has 0 saturated heterocycles. The summed E-state index contributed by atoms with van der Waals surface area (Å²) in [7, 11) is 0. The maximum Gasteiger partial charge on any atom is 0.417 e. The highest BCUT2D eigenvalue weighted by Gasteiger charge is 2.31. The Labute approximate surface area is 115 Å². The molecule has 6 heteroatoms. The largest absolute Gasteiger partial charge is 0.417 e. The first-order valence-corrected chi connectivity index (χ1v) is 6.81. The summed E-state index contributed by atoms with van der Waals surface area (Å²) < 4.78 is 4.92. The molecule has 1 aliphatic carbocycles. The molecule has 1 aromatic carbocycles. The van der Waals surface area contributed by atoms with E-state index < -0.39 is 5.76 Å². The first-order chi connectivity index (χ1) is 9.67. The Kier molecular flexibility index (Phi) is 3.31. The molecule has 1 aliphatic rings. The minimum Gasteiger partial charge on any atom is -0.408 e. The monoisotopic (exact) mass is 275 g/mol. The number of nitrogens with two attached hydrogens (primary N) is 1. The molecule has 0 spiro atoms. The standard InChI is InChI=1S/C14H17N3O3/c15-7-8-2-1-3-10(8)13(18)16-9-4-5-12-11(6-9)17-14(19)20-12/h4-6,8,10H,1-3,7,15H2,(H,16,18)(H,17,19). The fraction of sp³-hybridized carbons (Fsp3) is 0.429. The van der Waals surface area contributed by atoms with Gasteiger partial charge in [-0.3, -0.25) is 9.78 Å². The third kappa shape index (κ3) is 2.34. The number of aromatic nitrogens is 1. The summed E-state index contributed by atoms with van der Waals surface area (Å²) in [6, 6.07) is 5.09. The molecule has 0 aliphatic heterocycles. The van der Waals surface area contributed by atoms with Gasteiger partial charge in [-0.2, -0.15) is 0 Å². The van der Waals surface area contributed by atoms with Crippen LogP contribution in [0.25, 0.3) is 11.1 Å². The fourth-order valence-electron chi connectivity index (χ4n) is 2.93. The molecule has 20 heavy (non-hydrogen) atoms. The van der Waals surface area contributed by atoms with Gasteiger partial charge in [-0.25, -0.2) is 4.79 Å². The Bertz CT molecular complexity index is 688. The summed E-state index contributed by atoms with van der Waals surface area (Å²) >= 11 is 0. The van der Waals surface area contributed by atoms with E-state index in [0.717, 1.165) is 19.3 Å². The summed E-state index contributed by atoms with van der Waals surface area (Å²) in [6.07, 6.45) is 2.95. The number of anilines is 1. The zero-order chi connectivity index (χ0) is 14.1. The van der Waals surface area contributed by atoms with Crippen molar-refractivity contribution in [3.8, 4) is 0 Å². The van der Waals surface area contributed by atoms with Crippen molar-refractivity contribution in [1.29, 1.82) is 0 Å². The van der Waals surface area contributed by atoms with Gasteiger partial charge in [-0.15, -0.1) is 0 Å². The lowest BCUT2D eigenvalue weighted by molar-refractivity contribution is -0.120. The second-order valence-electron chi connectivity index (χ2n) is 5.25. The SMILES string of the molecule is NCC1CCCC1C(=O)Nc1ccc2oc(=O)[nH]c2c1. The van der Waals surface area contributed by atoms with Gasteiger partial charge in [0.2, 0.25) is 5.91 Å². The van der Waals surface area contributed by atoms with E-state index in [1.807, 2.05) is 0 Å². The number of oxazole rings is 1. The van der Waals surface area contributed by atoms with E-state index in [1.165, 1.54) is 0 Å². The molecule has 0 radical (unpaired) electrons. The van der Waals surface area contributed by atoms with Crippen LogP contribution in [0.4, 0.5) is 5.69 Å². The Hall–Kier alpha value is -2.08. The molecule has 3 rings (SSSR count). The smallest absolute Gasteiger partial charge is 0.408 e. The van der Waals surface area contributed by atoms with Crippen molar-refractivity contribution in [2.75, 3.05) is 11.9 Å². The summed E-state index contributed by atoms with van der Waals surface area (Å²) in [5, 5.41) is 2.89. The topological polar surface area (TPSA) is 101 Å². The highest BCUT2D eigenvalue weighted by atomic mass is 16.4. The average molecular weight is 275 g/mol. The minimum absolute atomic E-state index is 0.00291. The lowest BCUT2D eigenvalue weighted by Gasteiger charge is -2.17. The van der Waals surface area contributed by atoms with Gasteiger partial charge in [-0.05, 0) is 43.5 Å². The van der Waals surface area contributed by atoms with Crippen molar-refractivity contribution < 1.29 is 9.21 Å². The lowest BCUT2D eigenvalue weighted by Crippen LogP contribution is -2.29. The van der Waals surface area contributed by atoms with E-state index in [0.29, 0.717) is 23.3 Å². The van der Waals surface area contributed by atoms with Crippen LogP contribution in [-0.4, -0.2) is 17.4 Å². The summed E-state index contributed by atoms with van der Waals surface area (Å²) in [4.78, 5) is 25.9. The molecular formula is C14H17N3O3. The van der Waals surface area contributed by atoms with E-state index in [4.69, 9.17) is 10.2 Å². The van der Waals surface area contributed by atoms with Crippen LogP contribution >= 0.6 is 0 Å². The number of carbonyl (C=O) groups is 1. The molecule has 106 valence electrons. The number of hydrogen-bond acceptors (Lipinski definition) is 4. The summed E-state index contributed by atoms with van der Waals surface area (Å²) in [6.45, 7) is 0.548. The molecule has 1 heterocycles. The van der Waals surface area contributed by atoms with Crippen LogP contribution in [-0.2, 0) is 4.79 Å². The number of carbonyl (C=O) groups excluding carboxylic acids is 1. The molecule has 1 fully saturated rings. The van der Waals surface area contributed by atoms with E-state index in [-0.39, 0.29) is 17.7 Å². The number of H-pyrrole nitrogens is 1. The molecular weight excluding hydrogens is 258 g/mol. The van der Waals surface area contributed by atoms with E-state index >= 15 is 0 Å². The molecule has 2 atom stereocenters. The zero-order valence-electron chi connectivity index (χ0n) is 11.0. The van der Waals surface area contributed by atoms with Crippen LogP contribution in [0.3, 0.4) is 0 Å². The van der Waals surface area contributed by atoms with Crippen LogP contribution in [0.15, 0.2) is 27.4 Å². The highest BCUT2D eigenvalue weighted by molar-refractivity contribution is 5.94. The van der Waals surface area contributed by atoms with Gasteiger partial charge < -0.3 is 15.5 Å². The highest BCUT2D eigenvalue weighted by Crippen LogP contribution is 2.32. The predicted octanol–water partition coefficient (Wildman–Crippen LogP) is 1.43. The van der Waals surface area contributed by atoms with Crippen molar-refractivity contribution in [3.05, 3.63) is 28.7 Å². The number of aromatic amines is 1. The van der Waals surface area contributed by atoms with Crippen LogP contribution < -0.4 is 16.8 Å². The van der Waals surface area contributed by atoms with Gasteiger partial charge in [0.05, 0.1) is 5.52 Å². The number of hydrogen-bond donors (Lipinski definition) is 3.